The van der Waals surface area contributed by atoms with Crippen molar-refractivity contribution in [3.8, 4) is 0 Å². The summed E-state index contributed by atoms with van der Waals surface area (Å²) < 4.78 is 9.30. The summed E-state index contributed by atoms with van der Waals surface area (Å²) >= 11 is 0. The number of aryl methyl sites for hydroxylation is 1. The van der Waals surface area contributed by atoms with E-state index in [2.05, 4.69) is 9.47 Å². The number of carbonyl (C=O) groups is 4. The Hall–Kier alpha value is -4.21. The molecule has 166 valence electrons. The van der Waals surface area contributed by atoms with Crippen molar-refractivity contribution in [3.05, 3.63) is 59.2 Å². The molecule has 10 nitrogen and oxygen atoms in total. The van der Waals surface area contributed by atoms with Gasteiger partial charge in [0.25, 0.3) is 5.91 Å². The fraction of sp³-hybridized carbons (Fsp3) is 0.227. The minimum absolute atomic E-state index is 0.133. The number of esters is 2. The normalized spacial score (nSPS) is 13.3. The van der Waals surface area contributed by atoms with Crippen LogP contribution < -0.4 is 15.5 Å². The summed E-state index contributed by atoms with van der Waals surface area (Å²) in [6, 6.07) is 10.3. The zero-order chi connectivity index (χ0) is 23.4. The Morgan fingerprint density at radius 2 is 1.75 bits per heavy atom. The first-order valence-electron chi connectivity index (χ1n) is 9.63. The molecular formula is C22H22N4O6. The number of urea groups is 1. The first-order chi connectivity index (χ1) is 15.3. The van der Waals surface area contributed by atoms with E-state index in [1.807, 2.05) is 0 Å². The average Bonchev–Trinajstić information content (AvgIpc) is 3.10. The number of anilines is 2. The number of rotatable bonds is 7. The Bertz CT molecular complexity index is 1100. The molecule has 0 bridgehead atoms. The summed E-state index contributed by atoms with van der Waals surface area (Å²) in [5.74, 6) is -1.76. The number of methoxy groups -OCH3 is 2. The number of amides is 3. The fourth-order valence-electron chi connectivity index (χ4n) is 3.34. The van der Waals surface area contributed by atoms with Gasteiger partial charge in [-0.3, -0.25) is 19.9 Å². The van der Waals surface area contributed by atoms with Gasteiger partial charge in [0.05, 0.1) is 31.2 Å². The molecule has 0 spiro atoms. The molecule has 3 N–H and O–H groups in total. The zero-order valence-corrected chi connectivity index (χ0v) is 17.6. The van der Waals surface area contributed by atoms with E-state index in [1.165, 1.54) is 37.3 Å². The molecule has 1 aliphatic rings. The SMILES string of the molecule is COC(=O)CCc1ccc(N2C(=O)CN(c3ccc(C(=O)OC)cc3C(=N)N)C2=O)cc1. The Morgan fingerprint density at radius 3 is 2.34 bits per heavy atom. The molecule has 1 aliphatic heterocycles. The maximum atomic E-state index is 13.1. The van der Waals surface area contributed by atoms with Gasteiger partial charge >= 0.3 is 18.0 Å². The van der Waals surface area contributed by atoms with Crippen LogP contribution >= 0.6 is 0 Å². The number of hydrogen-bond acceptors (Lipinski definition) is 7. The quantitative estimate of drug-likeness (QED) is 0.290. The number of imide groups is 1. The Balaban J connectivity index is 1.85. The second kappa shape index (κ2) is 9.29. The van der Waals surface area contributed by atoms with Gasteiger partial charge in [-0.05, 0) is 42.3 Å². The van der Waals surface area contributed by atoms with E-state index in [1.54, 1.807) is 24.3 Å². The van der Waals surface area contributed by atoms with Gasteiger partial charge in [0.2, 0.25) is 0 Å². The van der Waals surface area contributed by atoms with Gasteiger partial charge in [0.15, 0.2) is 0 Å². The van der Waals surface area contributed by atoms with Crippen LogP contribution in [-0.4, -0.2) is 50.5 Å². The number of carbonyl (C=O) groups excluding carboxylic acids is 4. The van der Waals surface area contributed by atoms with Gasteiger partial charge in [-0.1, -0.05) is 12.1 Å². The van der Waals surface area contributed by atoms with E-state index >= 15 is 0 Å². The van der Waals surface area contributed by atoms with Crippen LogP contribution in [-0.2, 0) is 25.5 Å². The molecule has 32 heavy (non-hydrogen) atoms. The molecule has 0 aliphatic carbocycles. The van der Waals surface area contributed by atoms with Gasteiger partial charge in [-0.2, -0.15) is 0 Å². The highest BCUT2D eigenvalue weighted by atomic mass is 16.5. The van der Waals surface area contributed by atoms with E-state index in [0.29, 0.717) is 12.1 Å². The topological polar surface area (TPSA) is 143 Å². The second-order valence-corrected chi connectivity index (χ2v) is 6.98. The number of benzene rings is 2. The summed E-state index contributed by atoms with van der Waals surface area (Å²) in [5.41, 5.74) is 7.42. The van der Waals surface area contributed by atoms with Crippen molar-refractivity contribution in [1.29, 1.82) is 5.41 Å². The smallest absolute Gasteiger partial charge is 0.337 e. The number of hydrogen-bond donors (Lipinski definition) is 2. The molecule has 10 heteroatoms. The van der Waals surface area contributed by atoms with Crippen LogP contribution in [0.3, 0.4) is 0 Å². The Labute approximate surface area is 184 Å². The molecule has 3 amide bonds. The summed E-state index contributed by atoms with van der Waals surface area (Å²) in [6.07, 6.45) is 0.691. The van der Waals surface area contributed by atoms with Crippen LogP contribution in [0.1, 0.15) is 27.9 Å². The predicted octanol–water partition coefficient (Wildman–Crippen LogP) is 1.84. The fourth-order valence-corrected chi connectivity index (χ4v) is 3.34. The van der Waals surface area contributed by atoms with Crippen molar-refractivity contribution in [3.63, 3.8) is 0 Å². The van der Waals surface area contributed by atoms with Crippen LogP contribution in [0.25, 0.3) is 0 Å². The maximum Gasteiger partial charge on any atom is 0.337 e. The van der Waals surface area contributed by atoms with E-state index in [-0.39, 0.29) is 41.6 Å². The first-order valence-corrected chi connectivity index (χ1v) is 9.63. The summed E-state index contributed by atoms with van der Waals surface area (Å²) in [5, 5.41) is 7.83. The third-order valence-corrected chi connectivity index (χ3v) is 5.00. The van der Waals surface area contributed by atoms with Crippen LogP contribution in [0.2, 0.25) is 0 Å². The van der Waals surface area contributed by atoms with Gasteiger partial charge in [0, 0.05) is 12.0 Å². The van der Waals surface area contributed by atoms with E-state index in [4.69, 9.17) is 11.1 Å². The summed E-state index contributed by atoms with van der Waals surface area (Å²) in [7, 11) is 2.55. The number of nitrogens with one attached hydrogen (secondary N) is 1. The van der Waals surface area contributed by atoms with Gasteiger partial charge in [-0.15, -0.1) is 0 Å². The standard InChI is InChI=1S/C22H22N4O6/c1-31-19(28)10-5-13-3-7-15(8-4-13)26-18(27)12-25(22(26)30)17-9-6-14(21(29)32-2)11-16(17)20(23)24/h3-4,6-9,11H,5,10,12H2,1-2H3,(H3,23,24). The largest absolute Gasteiger partial charge is 0.469 e. The highest BCUT2D eigenvalue weighted by Gasteiger charge is 2.39. The molecule has 1 fully saturated rings. The molecule has 3 rings (SSSR count). The third kappa shape index (κ3) is 4.43. The molecule has 0 aromatic heterocycles. The third-order valence-electron chi connectivity index (χ3n) is 5.00. The number of nitrogens with zero attached hydrogens (tertiary/aromatic N) is 2. The molecule has 0 saturated carbocycles. The minimum Gasteiger partial charge on any atom is -0.469 e. The Kier molecular flexibility index (Phi) is 6.53. The van der Waals surface area contributed by atoms with E-state index < -0.39 is 17.9 Å². The van der Waals surface area contributed by atoms with Gasteiger partial charge in [0.1, 0.15) is 12.4 Å². The van der Waals surface area contributed by atoms with Gasteiger partial charge in [-0.25, -0.2) is 14.5 Å². The predicted molar refractivity (Wildman–Crippen MR) is 116 cm³/mol. The lowest BCUT2D eigenvalue weighted by molar-refractivity contribution is -0.140. The molecule has 1 heterocycles. The number of nitrogens with two attached hydrogens (primary N) is 1. The van der Waals surface area contributed by atoms with Crippen molar-refractivity contribution in [2.75, 3.05) is 30.6 Å². The molecule has 0 atom stereocenters. The molecule has 0 unspecified atom stereocenters. The lowest BCUT2D eigenvalue weighted by Crippen LogP contribution is -2.34. The zero-order valence-electron chi connectivity index (χ0n) is 17.6. The highest BCUT2D eigenvalue weighted by molar-refractivity contribution is 6.27. The van der Waals surface area contributed by atoms with Crippen molar-refractivity contribution < 1.29 is 28.7 Å². The monoisotopic (exact) mass is 438 g/mol. The maximum absolute atomic E-state index is 13.1. The molecule has 1 saturated heterocycles. The summed E-state index contributed by atoms with van der Waals surface area (Å²) in [6.45, 7) is -0.249. The van der Waals surface area contributed by atoms with Crippen molar-refractivity contribution in [2.45, 2.75) is 12.8 Å². The lowest BCUT2D eigenvalue weighted by atomic mass is 10.1. The van der Waals surface area contributed by atoms with E-state index in [0.717, 1.165) is 10.5 Å². The molecule has 0 radical (unpaired) electrons. The highest BCUT2D eigenvalue weighted by Crippen LogP contribution is 2.29. The number of amidine groups is 1. The molecular weight excluding hydrogens is 416 g/mol. The van der Waals surface area contributed by atoms with Crippen molar-refractivity contribution >= 4 is 41.1 Å². The average molecular weight is 438 g/mol. The molecule has 2 aromatic rings. The second-order valence-electron chi connectivity index (χ2n) is 6.98. The van der Waals surface area contributed by atoms with Gasteiger partial charge < -0.3 is 15.2 Å². The van der Waals surface area contributed by atoms with Crippen LogP contribution in [0, 0.1) is 5.41 Å². The Morgan fingerprint density at radius 1 is 1.06 bits per heavy atom. The van der Waals surface area contributed by atoms with Crippen LogP contribution in [0.5, 0.6) is 0 Å². The minimum atomic E-state index is -0.614. The number of ether oxygens (including phenoxy) is 2. The number of nitrogen functional groups attached to an aromatic ring is 1. The summed E-state index contributed by atoms with van der Waals surface area (Å²) in [4.78, 5) is 51.1. The van der Waals surface area contributed by atoms with Crippen LogP contribution in [0.15, 0.2) is 42.5 Å². The molecule has 2 aromatic carbocycles. The van der Waals surface area contributed by atoms with E-state index in [9.17, 15) is 19.2 Å². The van der Waals surface area contributed by atoms with Crippen molar-refractivity contribution in [2.24, 2.45) is 5.73 Å². The van der Waals surface area contributed by atoms with Crippen molar-refractivity contribution in [1.82, 2.24) is 0 Å². The lowest BCUT2D eigenvalue weighted by Gasteiger charge is -2.20. The first kappa shape index (κ1) is 22.5. The van der Waals surface area contributed by atoms with Crippen LogP contribution in [0.4, 0.5) is 16.2 Å².